The Morgan fingerprint density at radius 1 is 0.947 bits per heavy atom. The van der Waals surface area contributed by atoms with Crippen LogP contribution in [-0.4, -0.2) is 68.0 Å². The van der Waals surface area contributed by atoms with Gasteiger partial charge in [0.05, 0.1) is 36.7 Å². The number of benzene rings is 3. The summed E-state index contributed by atoms with van der Waals surface area (Å²) < 4.78 is 10.9. The van der Waals surface area contributed by atoms with Crippen LogP contribution in [0.3, 0.4) is 0 Å². The summed E-state index contributed by atoms with van der Waals surface area (Å²) in [6, 6.07) is 20.9. The standard InChI is InChI=1S/C30H34N4O4/c1-6-27(35)34(17-16-33(2)3)22-14-12-21(13-15-22)31-29(20-10-8-7-9-11-20)28-23-18-25(37-4)26(38-5)19-24(23)32-30(28)36/h7-15,18-19,32,36H,6,16-17H2,1-5H3. The molecule has 0 radical (unpaired) electrons. The third-order valence-corrected chi connectivity index (χ3v) is 6.34. The fourth-order valence-corrected chi connectivity index (χ4v) is 4.33. The number of H-pyrrole nitrogens is 1. The molecule has 3 aromatic carbocycles. The Kier molecular flexibility index (Phi) is 8.33. The molecule has 0 spiro atoms. The quantitative estimate of drug-likeness (QED) is 0.278. The summed E-state index contributed by atoms with van der Waals surface area (Å²) >= 11 is 0. The second kappa shape index (κ2) is 11.8. The molecule has 38 heavy (non-hydrogen) atoms. The average molecular weight is 515 g/mol. The van der Waals surface area contributed by atoms with Crippen molar-refractivity contribution in [1.29, 1.82) is 0 Å². The van der Waals surface area contributed by atoms with Gasteiger partial charge in [0, 0.05) is 42.2 Å². The minimum Gasteiger partial charge on any atom is -0.494 e. The second-order valence-electron chi connectivity index (χ2n) is 9.15. The summed E-state index contributed by atoms with van der Waals surface area (Å²) in [6.45, 7) is 3.23. The van der Waals surface area contributed by atoms with Gasteiger partial charge in [-0.2, -0.15) is 0 Å². The molecule has 0 aliphatic heterocycles. The summed E-state index contributed by atoms with van der Waals surface area (Å²) in [5, 5.41) is 11.8. The maximum Gasteiger partial charge on any atom is 0.226 e. The largest absolute Gasteiger partial charge is 0.494 e. The fourth-order valence-electron chi connectivity index (χ4n) is 4.33. The molecule has 0 aliphatic carbocycles. The van der Waals surface area contributed by atoms with E-state index in [9.17, 15) is 9.90 Å². The topological polar surface area (TPSA) is 90.4 Å². The number of carbonyl (C=O) groups is 1. The third-order valence-electron chi connectivity index (χ3n) is 6.34. The lowest BCUT2D eigenvalue weighted by Crippen LogP contribution is -2.36. The number of hydrogen-bond donors (Lipinski definition) is 2. The number of anilines is 1. The van der Waals surface area contributed by atoms with Crippen LogP contribution < -0.4 is 14.4 Å². The molecule has 4 rings (SSSR count). The highest BCUT2D eigenvalue weighted by molar-refractivity contribution is 6.22. The Morgan fingerprint density at radius 2 is 1.61 bits per heavy atom. The van der Waals surface area contributed by atoms with Crippen molar-refractivity contribution >= 4 is 33.9 Å². The van der Waals surface area contributed by atoms with E-state index in [1.54, 1.807) is 25.2 Å². The van der Waals surface area contributed by atoms with E-state index in [-0.39, 0.29) is 11.8 Å². The second-order valence-corrected chi connectivity index (χ2v) is 9.15. The number of fused-ring (bicyclic) bond motifs is 1. The molecular weight excluding hydrogens is 480 g/mol. The minimum atomic E-state index is -0.00191. The Labute approximate surface area is 223 Å². The van der Waals surface area contributed by atoms with Gasteiger partial charge in [0.2, 0.25) is 5.91 Å². The molecule has 0 saturated carbocycles. The molecule has 0 saturated heterocycles. The van der Waals surface area contributed by atoms with Crippen LogP contribution in [0.4, 0.5) is 11.4 Å². The molecular formula is C30H34N4O4. The number of rotatable bonds is 10. The van der Waals surface area contributed by atoms with Gasteiger partial charge >= 0.3 is 0 Å². The number of aromatic nitrogens is 1. The molecule has 198 valence electrons. The number of nitrogens with zero attached hydrogens (tertiary/aromatic N) is 3. The van der Waals surface area contributed by atoms with Crippen molar-refractivity contribution in [3.63, 3.8) is 0 Å². The lowest BCUT2D eigenvalue weighted by Gasteiger charge is -2.24. The van der Waals surface area contributed by atoms with Gasteiger partial charge in [0.25, 0.3) is 0 Å². The van der Waals surface area contributed by atoms with Crippen LogP contribution in [0.2, 0.25) is 0 Å². The van der Waals surface area contributed by atoms with E-state index in [4.69, 9.17) is 14.5 Å². The number of amides is 1. The fraction of sp³-hybridized carbons (Fsp3) is 0.267. The molecule has 1 heterocycles. The average Bonchev–Trinajstić information content (AvgIpc) is 3.25. The maximum absolute atomic E-state index is 12.6. The number of aromatic amines is 1. The van der Waals surface area contributed by atoms with E-state index in [0.29, 0.717) is 46.9 Å². The van der Waals surface area contributed by atoms with Crippen molar-refractivity contribution in [2.24, 2.45) is 4.99 Å². The zero-order valence-electron chi connectivity index (χ0n) is 22.5. The number of ether oxygens (including phenoxy) is 2. The Balaban J connectivity index is 1.81. The van der Waals surface area contributed by atoms with Gasteiger partial charge in [-0.15, -0.1) is 0 Å². The van der Waals surface area contributed by atoms with Gasteiger partial charge in [-0.05, 0) is 44.4 Å². The van der Waals surface area contributed by atoms with E-state index < -0.39 is 0 Å². The number of aliphatic imine (C=N–C) groups is 1. The Bertz CT molecular complexity index is 1430. The van der Waals surface area contributed by atoms with Crippen molar-refractivity contribution in [3.8, 4) is 17.4 Å². The number of methoxy groups -OCH3 is 2. The lowest BCUT2D eigenvalue weighted by molar-refractivity contribution is -0.118. The molecule has 4 aromatic rings. The smallest absolute Gasteiger partial charge is 0.226 e. The summed E-state index contributed by atoms with van der Waals surface area (Å²) in [7, 11) is 7.13. The highest BCUT2D eigenvalue weighted by Crippen LogP contribution is 2.38. The summed E-state index contributed by atoms with van der Waals surface area (Å²) in [5.41, 5.74) is 4.22. The van der Waals surface area contributed by atoms with Crippen molar-refractivity contribution in [3.05, 3.63) is 77.9 Å². The van der Waals surface area contributed by atoms with E-state index in [2.05, 4.69) is 9.88 Å². The summed E-state index contributed by atoms with van der Waals surface area (Å²) in [6.07, 6.45) is 0.430. The number of carbonyl (C=O) groups excluding carboxylic acids is 1. The first-order chi connectivity index (χ1) is 18.4. The molecule has 0 fully saturated rings. The van der Waals surface area contributed by atoms with Gasteiger partial charge in [-0.1, -0.05) is 37.3 Å². The molecule has 1 aromatic heterocycles. The van der Waals surface area contributed by atoms with Gasteiger partial charge in [-0.25, -0.2) is 4.99 Å². The van der Waals surface area contributed by atoms with Gasteiger partial charge in [-0.3, -0.25) is 4.79 Å². The molecule has 0 bridgehead atoms. The highest BCUT2D eigenvalue weighted by atomic mass is 16.5. The molecule has 0 aliphatic rings. The molecule has 0 atom stereocenters. The summed E-state index contributed by atoms with van der Waals surface area (Å²) in [5.74, 6) is 1.18. The predicted molar refractivity (Wildman–Crippen MR) is 152 cm³/mol. The van der Waals surface area contributed by atoms with Gasteiger partial charge < -0.3 is 29.4 Å². The molecule has 8 heteroatoms. The van der Waals surface area contributed by atoms with E-state index in [1.807, 2.05) is 81.7 Å². The first-order valence-electron chi connectivity index (χ1n) is 12.5. The monoisotopic (exact) mass is 514 g/mol. The molecule has 0 unspecified atom stereocenters. The number of nitrogens with one attached hydrogen (secondary N) is 1. The normalized spacial score (nSPS) is 11.7. The van der Waals surface area contributed by atoms with Crippen LogP contribution in [0.5, 0.6) is 17.4 Å². The van der Waals surface area contributed by atoms with Crippen LogP contribution in [-0.2, 0) is 4.79 Å². The minimum absolute atomic E-state index is 0.00191. The molecule has 2 N–H and O–H groups in total. The van der Waals surface area contributed by atoms with E-state index >= 15 is 0 Å². The van der Waals surface area contributed by atoms with Crippen LogP contribution in [0.25, 0.3) is 10.9 Å². The van der Waals surface area contributed by atoms with Gasteiger partial charge in [0.1, 0.15) is 0 Å². The van der Waals surface area contributed by atoms with Crippen LogP contribution in [0.15, 0.2) is 71.7 Å². The van der Waals surface area contributed by atoms with Crippen molar-refractivity contribution < 1.29 is 19.4 Å². The predicted octanol–water partition coefficient (Wildman–Crippen LogP) is 5.36. The van der Waals surface area contributed by atoms with Crippen molar-refractivity contribution in [2.75, 3.05) is 46.3 Å². The van der Waals surface area contributed by atoms with E-state index in [0.717, 1.165) is 23.2 Å². The molecule has 8 nitrogen and oxygen atoms in total. The summed E-state index contributed by atoms with van der Waals surface area (Å²) in [4.78, 5) is 24.5. The molecule has 1 amide bonds. The number of hydrogen-bond acceptors (Lipinski definition) is 6. The Hall–Kier alpha value is -4.30. The first-order valence-corrected chi connectivity index (χ1v) is 12.5. The first kappa shape index (κ1) is 26.8. The van der Waals surface area contributed by atoms with Crippen molar-refractivity contribution in [1.82, 2.24) is 9.88 Å². The Morgan fingerprint density at radius 3 is 2.21 bits per heavy atom. The van der Waals surface area contributed by atoms with Crippen LogP contribution in [0.1, 0.15) is 24.5 Å². The van der Waals surface area contributed by atoms with Crippen molar-refractivity contribution in [2.45, 2.75) is 13.3 Å². The number of likely N-dealkylation sites (N-methyl/N-ethyl adjacent to an activating group) is 1. The van der Waals surface area contributed by atoms with Gasteiger partial charge in [0.15, 0.2) is 17.4 Å². The maximum atomic E-state index is 12.6. The lowest BCUT2D eigenvalue weighted by atomic mass is 10.0. The third kappa shape index (κ3) is 5.65. The van der Waals surface area contributed by atoms with Crippen LogP contribution in [0, 0.1) is 0 Å². The zero-order valence-corrected chi connectivity index (χ0v) is 22.5. The SMILES string of the molecule is CCC(=O)N(CCN(C)C)c1ccc(N=C(c2ccccc2)c2c(O)[nH]c3cc(OC)c(OC)cc23)cc1. The zero-order chi connectivity index (χ0) is 27.2. The number of aromatic hydroxyl groups is 1. The van der Waals surface area contributed by atoms with E-state index in [1.165, 1.54) is 0 Å². The van der Waals surface area contributed by atoms with Crippen LogP contribution >= 0.6 is 0 Å². The highest BCUT2D eigenvalue weighted by Gasteiger charge is 2.21.